The van der Waals surface area contributed by atoms with Crippen molar-refractivity contribution in [3.05, 3.63) is 46.3 Å². The summed E-state index contributed by atoms with van der Waals surface area (Å²) in [5.41, 5.74) is 2.81. The van der Waals surface area contributed by atoms with E-state index in [0.717, 1.165) is 5.02 Å². The van der Waals surface area contributed by atoms with Crippen LogP contribution in [0.5, 0.6) is 0 Å². The van der Waals surface area contributed by atoms with Crippen LogP contribution in [-0.4, -0.2) is 0 Å². The molecular weight excluding hydrogens is 236 g/mol. The molecular formula is C14H15ClS. The molecule has 0 amide bonds. The molecule has 0 saturated heterocycles. The van der Waals surface area contributed by atoms with E-state index in [1.54, 1.807) is 11.3 Å². The largest absolute Gasteiger partial charge is 0.142 e. The van der Waals surface area contributed by atoms with Gasteiger partial charge in [-0.3, -0.25) is 0 Å². The van der Waals surface area contributed by atoms with Gasteiger partial charge in [-0.2, -0.15) is 0 Å². The summed E-state index contributed by atoms with van der Waals surface area (Å²) in [6, 6.07) is 10.7. The van der Waals surface area contributed by atoms with Gasteiger partial charge in [0.15, 0.2) is 0 Å². The van der Waals surface area contributed by atoms with Crippen molar-refractivity contribution in [1.29, 1.82) is 0 Å². The van der Waals surface area contributed by atoms with E-state index in [0.29, 0.717) is 0 Å². The van der Waals surface area contributed by atoms with Gasteiger partial charge >= 0.3 is 0 Å². The lowest BCUT2D eigenvalue weighted by molar-refractivity contribution is 0.590. The maximum atomic E-state index is 5.92. The summed E-state index contributed by atoms with van der Waals surface area (Å²) in [4.78, 5) is 1.23. The summed E-state index contributed by atoms with van der Waals surface area (Å²) in [7, 11) is 0. The average Bonchev–Trinajstić information content (AvgIpc) is 2.64. The van der Waals surface area contributed by atoms with Gasteiger partial charge in [0.1, 0.15) is 0 Å². The van der Waals surface area contributed by atoms with E-state index in [2.05, 4.69) is 45.0 Å². The van der Waals surface area contributed by atoms with Crippen LogP contribution in [0.1, 0.15) is 26.3 Å². The van der Waals surface area contributed by atoms with E-state index in [1.165, 1.54) is 16.0 Å². The Hall–Kier alpha value is -0.790. The zero-order valence-corrected chi connectivity index (χ0v) is 11.3. The SMILES string of the molecule is CC(C)(C)c1ccc(-c2cc(Cl)cs2)cc1. The molecule has 0 unspecified atom stereocenters. The van der Waals surface area contributed by atoms with E-state index in [4.69, 9.17) is 11.6 Å². The summed E-state index contributed by atoms with van der Waals surface area (Å²) in [5, 5.41) is 2.79. The van der Waals surface area contributed by atoms with E-state index in [1.807, 2.05) is 11.4 Å². The van der Waals surface area contributed by atoms with Crippen molar-refractivity contribution >= 4 is 22.9 Å². The fourth-order valence-electron chi connectivity index (χ4n) is 1.60. The molecule has 0 aliphatic carbocycles. The first-order chi connectivity index (χ1) is 7.47. The van der Waals surface area contributed by atoms with Gasteiger partial charge in [-0.05, 0) is 22.6 Å². The summed E-state index contributed by atoms with van der Waals surface area (Å²) >= 11 is 7.61. The first kappa shape index (κ1) is 11.7. The van der Waals surface area contributed by atoms with E-state index in [-0.39, 0.29) is 5.41 Å². The minimum absolute atomic E-state index is 0.214. The second kappa shape index (κ2) is 4.23. The summed E-state index contributed by atoms with van der Waals surface area (Å²) < 4.78 is 0. The highest BCUT2D eigenvalue weighted by Gasteiger charge is 2.13. The first-order valence-electron chi connectivity index (χ1n) is 5.32. The van der Waals surface area contributed by atoms with Crippen LogP contribution >= 0.6 is 22.9 Å². The molecule has 2 heteroatoms. The second-order valence-corrected chi connectivity index (χ2v) is 6.30. The van der Waals surface area contributed by atoms with Crippen molar-refractivity contribution in [3.63, 3.8) is 0 Å². The molecule has 16 heavy (non-hydrogen) atoms. The standard InChI is InChI=1S/C14H15ClS/c1-14(2,3)11-6-4-10(5-7-11)13-8-12(15)9-16-13/h4-9H,1-3H3. The molecule has 0 radical (unpaired) electrons. The van der Waals surface area contributed by atoms with E-state index >= 15 is 0 Å². The molecule has 0 N–H and O–H groups in total. The fraction of sp³-hybridized carbons (Fsp3) is 0.286. The molecule has 0 atom stereocenters. The van der Waals surface area contributed by atoms with Gasteiger partial charge in [0, 0.05) is 10.3 Å². The van der Waals surface area contributed by atoms with Crippen LogP contribution < -0.4 is 0 Å². The predicted octanol–water partition coefficient (Wildman–Crippen LogP) is 5.37. The molecule has 84 valence electrons. The van der Waals surface area contributed by atoms with Crippen molar-refractivity contribution < 1.29 is 0 Å². The molecule has 0 fully saturated rings. The Labute approximate surface area is 106 Å². The van der Waals surface area contributed by atoms with Gasteiger partial charge in [-0.1, -0.05) is 56.6 Å². The van der Waals surface area contributed by atoms with Gasteiger partial charge < -0.3 is 0 Å². The molecule has 0 bridgehead atoms. The van der Waals surface area contributed by atoms with Gasteiger partial charge in [0.05, 0.1) is 5.02 Å². The van der Waals surface area contributed by atoms with Crippen molar-refractivity contribution in [1.82, 2.24) is 0 Å². The summed E-state index contributed by atoms with van der Waals surface area (Å²) in [5.74, 6) is 0. The molecule has 0 nitrogen and oxygen atoms in total. The molecule has 1 heterocycles. The number of thiophene rings is 1. The maximum absolute atomic E-state index is 5.92. The normalized spacial score (nSPS) is 11.8. The van der Waals surface area contributed by atoms with Gasteiger partial charge in [-0.25, -0.2) is 0 Å². The Balaban J connectivity index is 2.33. The highest BCUT2D eigenvalue weighted by molar-refractivity contribution is 7.14. The van der Waals surface area contributed by atoms with Crippen LogP contribution in [0.2, 0.25) is 5.02 Å². The molecule has 2 rings (SSSR count). The lowest BCUT2D eigenvalue weighted by Crippen LogP contribution is -2.10. The molecule has 0 spiro atoms. The van der Waals surface area contributed by atoms with Crippen LogP contribution in [0.25, 0.3) is 10.4 Å². The predicted molar refractivity (Wildman–Crippen MR) is 73.5 cm³/mol. The Bertz CT molecular complexity index is 474. The quantitative estimate of drug-likeness (QED) is 0.639. The van der Waals surface area contributed by atoms with Crippen molar-refractivity contribution in [2.45, 2.75) is 26.2 Å². The topological polar surface area (TPSA) is 0 Å². The molecule has 1 aromatic heterocycles. The van der Waals surface area contributed by atoms with Crippen LogP contribution in [-0.2, 0) is 5.41 Å². The van der Waals surface area contributed by atoms with Crippen molar-refractivity contribution in [2.75, 3.05) is 0 Å². The summed E-state index contributed by atoms with van der Waals surface area (Å²) in [6.45, 7) is 6.68. The molecule has 0 saturated carbocycles. The fourth-order valence-corrected chi connectivity index (χ4v) is 2.68. The monoisotopic (exact) mass is 250 g/mol. The Morgan fingerprint density at radius 3 is 2.12 bits per heavy atom. The zero-order valence-electron chi connectivity index (χ0n) is 9.75. The highest BCUT2D eigenvalue weighted by Crippen LogP contribution is 2.31. The van der Waals surface area contributed by atoms with Crippen LogP contribution in [0.4, 0.5) is 0 Å². The number of rotatable bonds is 1. The summed E-state index contributed by atoms with van der Waals surface area (Å²) in [6.07, 6.45) is 0. The Morgan fingerprint density at radius 1 is 1.06 bits per heavy atom. The van der Waals surface area contributed by atoms with E-state index in [9.17, 15) is 0 Å². The van der Waals surface area contributed by atoms with Crippen LogP contribution in [0, 0.1) is 0 Å². The Kier molecular flexibility index (Phi) is 3.09. The van der Waals surface area contributed by atoms with Crippen LogP contribution in [0.3, 0.4) is 0 Å². The lowest BCUT2D eigenvalue weighted by atomic mass is 9.86. The van der Waals surface area contributed by atoms with Gasteiger partial charge in [0.25, 0.3) is 0 Å². The average molecular weight is 251 g/mol. The third kappa shape index (κ3) is 2.47. The van der Waals surface area contributed by atoms with Crippen molar-refractivity contribution in [3.8, 4) is 10.4 Å². The minimum Gasteiger partial charge on any atom is -0.142 e. The number of hydrogen-bond donors (Lipinski definition) is 0. The molecule has 0 aliphatic heterocycles. The Morgan fingerprint density at radius 2 is 1.69 bits per heavy atom. The van der Waals surface area contributed by atoms with E-state index < -0.39 is 0 Å². The van der Waals surface area contributed by atoms with Crippen LogP contribution in [0.15, 0.2) is 35.7 Å². The highest BCUT2D eigenvalue weighted by atomic mass is 35.5. The number of halogens is 1. The second-order valence-electron chi connectivity index (χ2n) is 4.96. The maximum Gasteiger partial charge on any atom is 0.0519 e. The van der Waals surface area contributed by atoms with Gasteiger partial charge in [-0.15, -0.1) is 11.3 Å². The smallest absolute Gasteiger partial charge is 0.0519 e. The first-order valence-corrected chi connectivity index (χ1v) is 6.57. The van der Waals surface area contributed by atoms with Gasteiger partial charge in [0.2, 0.25) is 0 Å². The molecule has 0 aliphatic rings. The number of hydrogen-bond acceptors (Lipinski definition) is 1. The lowest BCUT2D eigenvalue weighted by Gasteiger charge is -2.18. The third-order valence-corrected chi connectivity index (χ3v) is 3.93. The zero-order chi connectivity index (χ0) is 11.8. The van der Waals surface area contributed by atoms with Crippen molar-refractivity contribution in [2.24, 2.45) is 0 Å². The molecule has 2 aromatic rings. The number of benzene rings is 1. The third-order valence-electron chi connectivity index (χ3n) is 2.60. The minimum atomic E-state index is 0.214. The molecule has 1 aromatic carbocycles.